The highest BCUT2D eigenvalue weighted by molar-refractivity contribution is 5.87. The van der Waals surface area contributed by atoms with E-state index in [1.54, 1.807) is 0 Å². The summed E-state index contributed by atoms with van der Waals surface area (Å²) in [5.41, 5.74) is 1.05. The third-order valence-electron chi connectivity index (χ3n) is 4.32. The van der Waals surface area contributed by atoms with Gasteiger partial charge in [-0.05, 0) is 53.6 Å². The van der Waals surface area contributed by atoms with Gasteiger partial charge in [0, 0.05) is 0 Å². The van der Waals surface area contributed by atoms with E-state index in [1.807, 2.05) is 91.9 Å². The molecule has 4 rings (SSSR count). The Morgan fingerprint density at radius 1 is 0.556 bits per heavy atom. The molecule has 0 atom stereocenters. The molecule has 3 heteroatoms. The van der Waals surface area contributed by atoms with Crippen LogP contribution in [0, 0.1) is 6.92 Å². The Labute approximate surface area is 158 Å². The number of hydrogen-bond acceptors (Lipinski definition) is 3. The van der Waals surface area contributed by atoms with Crippen LogP contribution in [0.4, 0.5) is 0 Å². The molecule has 0 aliphatic carbocycles. The zero-order valence-corrected chi connectivity index (χ0v) is 15.0. The summed E-state index contributed by atoms with van der Waals surface area (Å²) in [4.78, 5) is 0. The molecule has 4 aromatic rings. The van der Waals surface area contributed by atoms with Crippen LogP contribution in [0.25, 0.3) is 10.8 Å². The van der Waals surface area contributed by atoms with E-state index >= 15 is 0 Å². The lowest BCUT2D eigenvalue weighted by Crippen LogP contribution is -2.30. The van der Waals surface area contributed by atoms with E-state index in [0.717, 1.165) is 16.7 Å². The van der Waals surface area contributed by atoms with E-state index in [-0.39, 0.29) is 0 Å². The molecule has 0 saturated carbocycles. The van der Waals surface area contributed by atoms with Crippen molar-refractivity contribution in [2.45, 2.75) is 13.4 Å². The molecule has 0 aromatic heterocycles. The lowest BCUT2D eigenvalue weighted by Gasteiger charge is -2.22. The fourth-order valence-corrected chi connectivity index (χ4v) is 2.93. The molecule has 4 aromatic carbocycles. The van der Waals surface area contributed by atoms with Gasteiger partial charge in [-0.2, -0.15) is 0 Å². The third-order valence-corrected chi connectivity index (χ3v) is 4.32. The van der Waals surface area contributed by atoms with Crippen LogP contribution < -0.4 is 14.2 Å². The fourth-order valence-electron chi connectivity index (χ4n) is 2.93. The smallest absolute Gasteiger partial charge is 0.406 e. The zero-order valence-electron chi connectivity index (χ0n) is 15.0. The van der Waals surface area contributed by atoms with Crippen LogP contribution in [-0.2, 0) is 0 Å². The number of benzene rings is 4. The Morgan fingerprint density at radius 3 is 1.74 bits per heavy atom. The lowest BCUT2D eigenvalue weighted by molar-refractivity contribution is -0.140. The Kier molecular flexibility index (Phi) is 4.93. The molecular formula is C24H20O3. The van der Waals surface area contributed by atoms with Crippen LogP contribution in [0.5, 0.6) is 17.2 Å². The number of aryl methyl sites for hydroxylation is 1. The highest BCUT2D eigenvalue weighted by Crippen LogP contribution is 2.29. The molecule has 0 N–H and O–H groups in total. The molecule has 0 bridgehead atoms. The number of fused-ring (bicyclic) bond motifs is 1. The van der Waals surface area contributed by atoms with E-state index in [0.29, 0.717) is 11.5 Å². The summed E-state index contributed by atoms with van der Waals surface area (Å²) < 4.78 is 18.0. The molecule has 3 nitrogen and oxygen atoms in total. The minimum Gasteiger partial charge on any atom is -0.423 e. The van der Waals surface area contributed by atoms with Gasteiger partial charge in [0.25, 0.3) is 0 Å². The van der Waals surface area contributed by atoms with Crippen molar-refractivity contribution in [1.82, 2.24) is 0 Å². The van der Waals surface area contributed by atoms with E-state index < -0.39 is 6.48 Å². The molecule has 0 unspecified atom stereocenters. The van der Waals surface area contributed by atoms with Gasteiger partial charge in [0.2, 0.25) is 0 Å². The van der Waals surface area contributed by atoms with Gasteiger partial charge in [-0.1, -0.05) is 66.7 Å². The van der Waals surface area contributed by atoms with Gasteiger partial charge < -0.3 is 14.2 Å². The maximum Gasteiger partial charge on any atom is 0.406 e. The Morgan fingerprint density at radius 2 is 1.11 bits per heavy atom. The summed E-state index contributed by atoms with van der Waals surface area (Å²) in [6.07, 6.45) is 0. The van der Waals surface area contributed by atoms with Crippen LogP contribution in [-0.4, -0.2) is 6.48 Å². The van der Waals surface area contributed by atoms with Crippen molar-refractivity contribution >= 4 is 10.8 Å². The van der Waals surface area contributed by atoms with Crippen molar-refractivity contribution in [1.29, 1.82) is 0 Å². The molecule has 0 fully saturated rings. The minimum absolute atomic E-state index is 0.678. The summed E-state index contributed by atoms with van der Waals surface area (Å²) in [5.74, 6) is 2.08. The maximum atomic E-state index is 6.12. The Balaban J connectivity index is 1.63. The first-order chi connectivity index (χ1) is 13.3. The predicted octanol–water partition coefficient (Wildman–Crippen LogP) is 5.97. The summed E-state index contributed by atoms with van der Waals surface area (Å²) >= 11 is 0. The highest BCUT2D eigenvalue weighted by Gasteiger charge is 2.17. The SMILES string of the molecule is Cc1c(OC(Oc2ccccc2)Oc2ccccc2)ccc2ccccc12. The molecule has 0 radical (unpaired) electrons. The molecule has 0 spiro atoms. The first-order valence-electron chi connectivity index (χ1n) is 8.88. The van der Waals surface area contributed by atoms with Gasteiger partial charge in [-0.15, -0.1) is 0 Å². The molecular weight excluding hydrogens is 336 g/mol. The van der Waals surface area contributed by atoms with Gasteiger partial charge in [0.1, 0.15) is 17.2 Å². The topological polar surface area (TPSA) is 27.7 Å². The van der Waals surface area contributed by atoms with Gasteiger partial charge >= 0.3 is 6.48 Å². The monoisotopic (exact) mass is 356 g/mol. The van der Waals surface area contributed by atoms with Crippen LogP contribution in [0.3, 0.4) is 0 Å². The molecule has 0 heterocycles. The quantitative estimate of drug-likeness (QED) is 0.398. The molecule has 27 heavy (non-hydrogen) atoms. The maximum absolute atomic E-state index is 6.12. The van der Waals surface area contributed by atoms with Crippen LogP contribution in [0.2, 0.25) is 0 Å². The summed E-state index contributed by atoms with van der Waals surface area (Å²) in [7, 11) is 0. The number of hydrogen-bond donors (Lipinski definition) is 0. The average molecular weight is 356 g/mol. The first kappa shape index (κ1) is 17.0. The van der Waals surface area contributed by atoms with E-state index in [4.69, 9.17) is 14.2 Å². The van der Waals surface area contributed by atoms with E-state index in [9.17, 15) is 0 Å². The second kappa shape index (κ2) is 7.83. The highest BCUT2D eigenvalue weighted by atomic mass is 16.8. The summed E-state index contributed by atoms with van der Waals surface area (Å²) in [6, 6.07) is 31.2. The van der Waals surface area contributed by atoms with Crippen LogP contribution >= 0.6 is 0 Å². The fraction of sp³-hybridized carbons (Fsp3) is 0.0833. The van der Waals surface area contributed by atoms with E-state index in [2.05, 4.69) is 12.1 Å². The summed E-state index contributed by atoms with van der Waals surface area (Å²) in [5, 5.41) is 2.32. The lowest BCUT2D eigenvalue weighted by atomic mass is 10.1. The van der Waals surface area contributed by atoms with Crippen molar-refractivity contribution < 1.29 is 14.2 Å². The number of para-hydroxylation sites is 2. The second-order valence-corrected chi connectivity index (χ2v) is 6.18. The normalized spacial score (nSPS) is 10.7. The summed E-state index contributed by atoms with van der Waals surface area (Å²) in [6.45, 7) is 1.13. The zero-order chi connectivity index (χ0) is 18.5. The minimum atomic E-state index is -0.908. The van der Waals surface area contributed by atoms with Crippen molar-refractivity contribution in [2.24, 2.45) is 0 Å². The van der Waals surface area contributed by atoms with Crippen LogP contribution in [0.15, 0.2) is 97.1 Å². The van der Waals surface area contributed by atoms with Crippen molar-refractivity contribution in [3.63, 3.8) is 0 Å². The van der Waals surface area contributed by atoms with Crippen molar-refractivity contribution in [3.05, 3.63) is 103 Å². The molecule has 134 valence electrons. The second-order valence-electron chi connectivity index (χ2n) is 6.18. The largest absolute Gasteiger partial charge is 0.423 e. The first-order valence-corrected chi connectivity index (χ1v) is 8.88. The van der Waals surface area contributed by atoms with Gasteiger partial charge in [-0.3, -0.25) is 0 Å². The average Bonchev–Trinajstić information content (AvgIpc) is 2.72. The molecule has 0 aliphatic rings. The van der Waals surface area contributed by atoms with Gasteiger partial charge in [-0.25, -0.2) is 0 Å². The molecule has 0 amide bonds. The number of rotatable bonds is 6. The van der Waals surface area contributed by atoms with Crippen LogP contribution in [0.1, 0.15) is 5.56 Å². The standard InChI is InChI=1S/C24H20O3/c1-18-22-15-9-8-10-19(22)16-17-23(18)27-24(25-20-11-4-2-5-12-20)26-21-13-6-3-7-14-21/h2-17,24H,1H3. The van der Waals surface area contributed by atoms with Crippen molar-refractivity contribution in [2.75, 3.05) is 0 Å². The Bertz CT molecular complexity index is 972. The van der Waals surface area contributed by atoms with Gasteiger partial charge in [0.15, 0.2) is 0 Å². The van der Waals surface area contributed by atoms with Crippen molar-refractivity contribution in [3.8, 4) is 17.2 Å². The van der Waals surface area contributed by atoms with Gasteiger partial charge in [0.05, 0.1) is 0 Å². The molecule has 0 saturated heterocycles. The number of ether oxygens (including phenoxy) is 3. The predicted molar refractivity (Wildman–Crippen MR) is 107 cm³/mol. The molecule has 0 aliphatic heterocycles. The van der Waals surface area contributed by atoms with E-state index in [1.165, 1.54) is 5.39 Å². The third kappa shape index (κ3) is 4.04. The Hall–Kier alpha value is -3.46.